The minimum absolute atomic E-state index is 0.0585. The minimum Gasteiger partial charge on any atom is -0.390 e. The number of hydrogen-bond acceptors (Lipinski definition) is 10. The second kappa shape index (κ2) is 20.3. The molecule has 0 saturated carbocycles. The normalized spacial score (nSPS) is 14.3. The molecule has 0 saturated heterocycles. The predicted molar refractivity (Wildman–Crippen MR) is 198 cm³/mol. The van der Waals surface area contributed by atoms with Crippen molar-refractivity contribution >= 4 is 27.6 Å². The van der Waals surface area contributed by atoms with Crippen molar-refractivity contribution in [3.63, 3.8) is 0 Å². The molecule has 0 bridgehead atoms. The summed E-state index contributed by atoms with van der Waals surface area (Å²) in [5.74, 6) is -2.56. The van der Waals surface area contributed by atoms with Gasteiger partial charge in [0.05, 0.1) is 17.9 Å². The predicted octanol–water partition coefficient (Wildman–Crippen LogP) is 1.46. The molecule has 9 N–H and O–H groups in total. The maximum Gasteiger partial charge on any atom is 0.253 e. The molecule has 0 aromatic heterocycles. The lowest BCUT2D eigenvalue weighted by atomic mass is 9.98. The molecule has 15 heteroatoms. The molecular formula is C37H51N8O6S+. The van der Waals surface area contributed by atoms with Gasteiger partial charge in [-0.3, -0.25) is 14.4 Å². The molecule has 0 heterocycles. The van der Waals surface area contributed by atoms with E-state index in [0.717, 1.165) is 28.5 Å². The van der Waals surface area contributed by atoms with Gasteiger partial charge in [0.1, 0.15) is 32.6 Å². The number of nitrogens with two attached hydrogens (primary N) is 2. The fourth-order valence-electron chi connectivity index (χ4n) is 5.65. The Hall–Kier alpha value is -4.79. The van der Waals surface area contributed by atoms with Crippen LogP contribution in [-0.4, -0.2) is 73.5 Å². The maximum atomic E-state index is 14.0. The number of rotatable bonds is 20. The third kappa shape index (κ3) is 14.1. The van der Waals surface area contributed by atoms with Gasteiger partial charge >= 0.3 is 0 Å². The van der Waals surface area contributed by atoms with Crippen molar-refractivity contribution in [2.75, 3.05) is 12.0 Å². The van der Waals surface area contributed by atoms with Crippen molar-refractivity contribution in [1.29, 1.82) is 5.53 Å². The highest BCUT2D eigenvalue weighted by Crippen LogP contribution is 2.14. The van der Waals surface area contributed by atoms with Gasteiger partial charge in [0.15, 0.2) is 0 Å². The summed E-state index contributed by atoms with van der Waals surface area (Å²) in [5.41, 5.74) is 22.8. The van der Waals surface area contributed by atoms with E-state index >= 15 is 0 Å². The van der Waals surface area contributed by atoms with E-state index in [-0.39, 0.29) is 31.6 Å². The zero-order valence-electron chi connectivity index (χ0n) is 29.9. The van der Waals surface area contributed by atoms with Crippen LogP contribution in [-0.2, 0) is 56.6 Å². The standard InChI is InChI=1S/C37H50N8O6S/c1-24(2)17-31(35(47)41-30(34(46)23-52(3,50)51)18-26-9-13-28(21-38)14-10-26)42-36(48)32(19-27-11-15-29(22-39)16-12-27)43-37(49)33(44-45-40)20-25-7-5-4-6-8-25/h4-16,24,30-34,40,46H,17-23,38-39H2,1-3H3,(H2-,41,42,43,47,48,49)/p+1/t30-,31-,32+,33-,34-/m0/s1. The molecular weight excluding hydrogens is 685 g/mol. The number of sulfone groups is 1. The van der Waals surface area contributed by atoms with Gasteiger partial charge in [-0.2, -0.15) is 0 Å². The van der Waals surface area contributed by atoms with E-state index in [0.29, 0.717) is 18.7 Å². The SMILES string of the molecule is CC(C)C[C@H](NC(=O)[C@@H](Cc1ccc(CN)cc1)NC(=O)[C@H](Cc1ccccc1)N=[N+]=N)C(=O)N[C@@H](Cc1ccc(CN)cc1)[C@@H](O)CS(C)(=O)=O. The van der Waals surface area contributed by atoms with Gasteiger partial charge < -0.3 is 32.5 Å². The van der Waals surface area contributed by atoms with E-state index in [1.54, 1.807) is 24.3 Å². The van der Waals surface area contributed by atoms with Gasteiger partial charge in [-0.25, -0.2) is 8.42 Å². The first-order valence-corrected chi connectivity index (χ1v) is 19.2. The fourth-order valence-corrected chi connectivity index (χ4v) is 6.50. The third-order valence-corrected chi connectivity index (χ3v) is 9.37. The van der Waals surface area contributed by atoms with Crippen LogP contribution in [0, 0.1) is 11.4 Å². The van der Waals surface area contributed by atoms with Gasteiger partial charge in [0.25, 0.3) is 5.91 Å². The number of aliphatic hydroxyl groups excluding tert-OH is 1. The zero-order valence-corrected chi connectivity index (χ0v) is 30.7. The van der Waals surface area contributed by atoms with Crippen LogP contribution in [0.3, 0.4) is 0 Å². The van der Waals surface area contributed by atoms with Crippen LogP contribution in [0.25, 0.3) is 0 Å². The van der Waals surface area contributed by atoms with Crippen molar-refractivity contribution in [3.8, 4) is 0 Å². The molecule has 3 aromatic rings. The van der Waals surface area contributed by atoms with Crippen LogP contribution in [0.5, 0.6) is 0 Å². The molecule has 0 aliphatic carbocycles. The molecule has 3 rings (SSSR count). The topological polar surface area (TPSA) is 244 Å². The molecule has 14 nitrogen and oxygen atoms in total. The Kier molecular flexibility index (Phi) is 16.3. The van der Waals surface area contributed by atoms with E-state index in [4.69, 9.17) is 17.0 Å². The summed E-state index contributed by atoms with van der Waals surface area (Å²) in [6.45, 7) is 4.40. The lowest BCUT2D eigenvalue weighted by molar-refractivity contribution is -0.133. The highest BCUT2D eigenvalue weighted by molar-refractivity contribution is 7.90. The van der Waals surface area contributed by atoms with Crippen LogP contribution >= 0.6 is 0 Å². The van der Waals surface area contributed by atoms with Gasteiger partial charge in [0, 0.05) is 32.2 Å². The second-order valence-corrected chi connectivity index (χ2v) is 15.6. The number of nitrogens with zero attached hydrogens (tertiary/aromatic N) is 2. The van der Waals surface area contributed by atoms with E-state index in [9.17, 15) is 27.9 Å². The lowest BCUT2D eigenvalue weighted by Gasteiger charge is -2.29. The molecule has 0 spiro atoms. The second-order valence-electron chi connectivity index (χ2n) is 13.4. The zero-order chi connectivity index (χ0) is 38.3. The number of benzene rings is 3. The lowest BCUT2D eigenvalue weighted by Crippen LogP contribution is -2.58. The number of hydrogen-bond donors (Lipinski definition) is 7. The summed E-state index contributed by atoms with van der Waals surface area (Å²) in [5, 5.41) is 23.2. The summed E-state index contributed by atoms with van der Waals surface area (Å²) >= 11 is 0. The fraction of sp³-hybridized carbons (Fsp3) is 0.432. The summed E-state index contributed by atoms with van der Waals surface area (Å²) in [6, 6.07) is 19.1. The quantitative estimate of drug-likeness (QED) is 0.0660. The molecule has 3 amide bonds. The summed E-state index contributed by atoms with van der Waals surface area (Å²) in [7, 11) is -3.61. The van der Waals surface area contributed by atoms with E-state index in [2.05, 4.69) is 26.0 Å². The molecule has 0 aliphatic heterocycles. The van der Waals surface area contributed by atoms with Crippen LogP contribution in [0.4, 0.5) is 0 Å². The molecule has 0 fully saturated rings. The number of amides is 3. The van der Waals surface area contributed by atoms with Crippen LogP contribution in [0.1, 0.15) is 48.1 Å². The number of carbonyl (C=O) groups is 3. The highest BCUT2D eigenvalue weighted by atomic mass is 32.2. The largest absolute Gasteiger partial charge is 0.390 e. The van der Waals surface area contributed by atoms with Gasteiger partial charge in [-0.15, -0.1) is 0 Å². The summed E-state index contributed by atoms with van der Waals surface area (Å²) in [4.78, 5) is 44.6. The maximum absolute atomic E-state index is 14.0. The number of carbonyl (C=O) groups excluding carboxylic acids is 3. The monoisotopic (exact) mass is 735 g/mol. The van der Waals surface area contributed by atoms with Gasteiger partial charge in [-0.05, 0) is 46.6 Å². The van der Waals surface area contributed by atoms with Crippen molar-refractivity contribution in [2.24, 2.45) is 22.5 Å². The average Bonchev–Trinajstić information content (AvgIpc) is 3.10. The van der Waals surface area contributed by atoms with Crippen LogP contribution in [0.2, 0.25) is 0 Å². The molecule has 0 radical (unpaired) electrons. The van der Waals surface area contributed by atoms with Crippen molar-refractivity contribution in [1.82, 2.24) is 20.9 Å². The summed E-state index contributed by atoms with van der Waals surface area (Å²) < 4.78 is 24.3. The first-order chi connectivity index (χ1) is 24.7. The average molecular weight is 736 g/mol. The van der Waals surface area contributed by atoms with Crippen LogP contribution in [0.15, 0.2) is 84.0 Å². The molecule has 3 aromatic carbocycles. The van der Waals surface area contributed by atoms with Gasteiger partial charge in [-0.1, -0.05) is 92.7 Å². The first kappa shape index (κ1) is 41.6. The van der Waals surface area contributed by atoms with E-state index < -0.39 is 63.6 Å². The van der Waals surface area contributed by atoms with Crippen LogP contribution < -0.4 is 32.3 Å². The molecule has 5 atom stereocenters. The Morgan fingerprint density at radius 2 is 1.21 bits per heavy atom. The van der Waals surface area contributed by atoms with Crippen molar-refractivity contribution < 1.29 is 27.9 Å². The number of aliphatic hydroxyl groups is 1. The first-order valence-electron chi connectivity index (χ1n) is 17.1. The smallest absolute Gasteiger partial charge is 0.253 e. The third-order valence-electron chi connectivity index (χ3n) is 8.42. The van der Waals surface area contributed by atoms with E-state index in [1.165, 1.54) is 0 Å². The van der Waals surface area contributed by atoms with Crippen molar-refractivity contribution in [2.45, 2.75) is 82.9 Å². The Labute approximate surface area is 305 Å². The minimum atomic E-state index is -3.61. The molecule has 0 unspecified atom stereocenters. The Bertz CT molecular complexity index is 1770. The Morgan fingerprint density at radius 1 is 0.731 bits per heavy atom. The van der Waals surface area contributed by atoms with E-state index in [1.807, 2.05) is 68.4 Å². The van der Waals surface area contributed by atoms with Gasteiger partial charge in [0.2, 0.25) is 22.8 Å². The van der Waals surface area contributed by atoms with Crippen molar-refractivity contribution in [3.05, 3.63) is 107 Å². The number of nitrogens with one attached hydrogen (secondary N) is 4. The Balaban J connectivity index is 1.89. The molecule has 52 heavy (non-hydrogen) atoms. The molecule has 280 valence electrons. The summed E-state index contributed by atoms with van der Waals surface area (Å²) in [6.07, 6.45) is 0.0659. The highest BCUT2D eigenvalue weighted by Gasteiger charge is 2.33. The Morgan fingerprint density at radius 3 is 1.71 bits per heavy atom. The molecule has 0 aliphatic rings.